The fourth-order valence-electron chi connectivity index (χ4n) is 1.68. The van der Waals surface area contributed by atoms with E-state index >= 15 is 0 Å². The highest BCUT2D eigenvalue weighted by Gasteiger charge is 2.19. The number of carbonyl (C=O) groups excluding carboxylic acids is 1. The normalized spacial score (nSPS) is 11.6. The monoisotopic (exact) mass is 255 g/mol. The third-order valence-corrected chi connectivity index (χ3v) is 2.63. The molecule has 1 amide bonds. The second kappa shape index (κ2) is 5.83. The summed E-state index contributed by atoms with van der Waals surface area (Å²) < 4.78 is 4.89. The van der Waals surface area contributed by atoms with Crippen LogP contribution in [0.15, 0.2) is 40.9 Å². The largest absolute Gasteiger partial charge is 0.338 e. The fraction of sp³-hybridized carbons (Fsp3) is 0.214. The van der Waals surface area contributed by atoms with E-state index in [1.807, 2.05) is 36.4 Å². The summed E-state index contributed by atoms with van der Waals surface area (Å²) in [4.78, 5) is 11.9. The van der Waals surface area contributed by atoms with Crippen LogP contribution >= 0.6 is 0 Å². The molecule has 0 fully saturated rings. The summed E-state index contributed by atoms with van der Waals surface area (Å²) in [6.07, 6.45) is 0.371. The number of nitrogens with zero attached hydrogens (tertiary/aromatic N) is 2. The highest BCUT2D eigenvalue weighted by molar-refractivity contribution is 5.93. The van der Waals surface area contributed by atoms with Crippen LogP contribution in [0.25, 0.3) is 0 Å². The lowest BCUT2D eigenvalue weighted by atomic mass is 10.00. The zero-order chi connectivity index (χ0) is 13.7. The number of anilines is 1. The van der Waals surface area contributed by atoms with Crippen molar-refractivity contribution < 1.29 is 9.32 Å². The highest BCUT2D eigenvalue weighted by Crippen LogP contribution is 2.13. The van der Waals surface area contributed by atoms with Crippen LogP contribution in [-0.2, 0) is 11.2 Å². The van der Waals surface area contributed by atoms with Crippen LogP contribution in [0.1, 0.15) is 11.3 Å². The van der Waals surface area contributed by atoms with E-state index in [0.717, 1.165) is 5.56 Å². The van der Waals surface area contributed by atoms with Crippen molar-refractivity contribution in [3.8, 4) is 6.07 Å². The molecule has 0 spiro atoms. The summed E-state index contributed by atoms with van der Waals surface area (Å²) in [5.41, 5.74) is 1.62. The van der Waals surface area contributed by atoms with Crippen molar-refractivity contribution in [2.24, 2.45) is 5.92 Å². The molecule has 0 saturated carbocycles. The second-order valence-electron chi connectivity index (χ2n) is 4.19. The van der Waals surface area contributed by atoms with E-state index in [2.05, 4.69) is 10.5 Å². The molecule has 0 aliphatic carbocycles. The Labute approximate surface area is 110 Å². The Kier molecular flexibility index (Phi) is 3.94. The molecule has 96 valence electrons. The number of aromatic nitrogens is 1. The quantitative estimate of drug-likeness (QED) is 0.909. The van der Waals surface area contributed by atoms with Crippen molar-refractivity contribution >= 4 is 11.8 Å². The lowest BCUT2D eigenvalue weighted by Crippen LogP contribution is -2.23. The van der Waals surface area contributed by atoms with Crippen molar-refractivity contribution in [2.45, 2.75) is 13.3 Å². The van der Waals surface area contributed by atoms with Crippen LogP contribution < -0.4 is 5.32 Å². The summed E-state index contributed by atoms with van der Waals surface area (Å²) in [6.45, 7) is 1.75. The molecule has 0 bridgehead atoms. The smallest absolute Gasteiger partial charge is 0.244 e. The third kappa shape index (κ3) is 3.42. The first-order valence-corrected chi connectivity index (χ1v) is 5.87. The van der Waals surface area contributed by atoms with Gasteiger partial charge in [0.2, 0.25) is 11.8 Å². The van der Waals surface area contributed by atoms with Crippen LogP contribution in [0.3, 0.4) is 0 Å². The lowest BCUT2D eigenvalue weighted by Gasteiger charge is -2.08. The average Bonchev–Trinajstić information content (AvgIpc) is 2.82. The molecular weight excluding hydrogens is 242 g/mol. The van der Waals surface area contributed by atoms with Gasteiger partial charge < -0.3 is 4.52 Å². The molecule has 1 N–H and O–H groups in total. The van der Waals surface area contributed by atoms with E-state index in [1.165, 1.54) is 0 Å². The van der Waals surface area contributed by atoms with Crippen LogP contribution in [0.5, 0.6) is 0 Å². The summed E-state index contributed by atoms with van der Waals surface area (Å²) in [5, 5.41) is 15.3. The van der Waals surface area contributed by atoms with Crippen molar-refractivity contribution in [1.29, 1.82) is 5.26 Å². The van der Waals surface area contributed by atoms with Gasteiger partial charge >= 0.3 is 0 Å². The van der Waals surface area contributed by atoms with E-state index in [4.69, 9.17) is 9.78 Å². The highest BCUT2D eigenvalue weighted by atomic mass is 16.5. The Morgan fingerprint density at radius 3 is 2.79 bits per heavy atom. The predicted molar refractivity (Wildman–Crippen MR) is 69.1 cm³/mol. The molecule has 0 saturated heterocycles. The van der Waals surface area contributed by atoms with Gasteiger partial charge in [-0.3, -0.25) is 10.1 Å². The molecule has 1 aromatic carbocycles. The van der Waals surface area contributed by atoms with E-state index in [9.17, 15) is 4.79 Å². The molecule has 2 aromatic rings. The Balaban J connectivity index is 2.02. The number of carbonyl (C=O) groups is 1. The predicted octanol–water partition coefficient (Wildman–Crippen LogP) is 2.30. The van der Waals surface area contributed by atoms with Gasteiger partial charge in [-0.2, -0.15) is 5.26 Å². The Bertz CT molecular complexity index is 599. The van der Waals surface area contributed by atoms with Crippen molar-refractivity contribution in [1.82, 2.24) is 5.16 Å². The molecule has 1 heterocycles. The van der Waals surface area contributed by atoms with Gasteiger partial charge in [0.05, 0.1) is 11.8 Å². The summed E-state index contributed by atoms with van der Waals surface area (Å²) in [5.74, 6) is -0.883. The summed E-state index contributed by atoms with van der Waals surface area (Å²) in [6, 6.07) is 13.0. The minimum Gasteiger partial charge on any atom is -0.338 e. The van der Waals surface area contributed by atoms with Crippen LogP contribution in [0.4, 0.5) is 5.88 Å². The summed E-state index contributed by atoms with van der Waals surface area (Å²) in [7, 11) is 0. The molecule has 1 unspecified atom stereocenters. The molecule has 0 aliphatic rings. The first-order valence-electron chi connectivity index (χ1n) is 5.87. The molecule has 1 atom stereocenters. The van der Waals surface area contributed by atoms with Gasteiger partial charge in [-0.15, -0.1) is 0 Å². The SMILES string of the molecule is Cc1cc(NC(=O)C(C#N)Cc2ccccc2)on1. The van der Waals surface area contributed by atoms with Crippen molar-refractivity contribution in [3.63, 3.8) is 0 Å². The van der Waals surface area contributed by atoms with Gasteiger partial charge in [0.25, 0.3) is 0 Å². The van der Waals surface area contributed by atoms with Crippen molar-refractivity contribution in [3.05, 3.63) is 47.7 Å². The Morgan fingerprint density at radius 2 is 2.21 bits per heavy atom. The van der Waals surface area contributed by atoms with Crippen molar-refractivity contribution in [2.75, 3.05) is 5.32 Å². The molecule has 2 rings (SSSR count). The van der Waals surface area contributed by atoms with Crippen LogP contribution in [-0.4, -0.2) is 11.1 Å². The second-order valence-corrected chi connectivity index (χ2v) is 4.19. The standard InChI is InChI=1S/C14H13N3O2/c1-10-7-13(19-17-10)16-14(18)12(9-15)8-11-5-3-2-4-6-11/h2-7,12H,8H2,1H3,(H,16,18). The number of aryl methyl sites for hydroxylation is 1. The maximum absolute atomic E-state index is 11.9. The van der Waals surface area contributed by atoms with Gasteiger partial charge in [0.1, 0.15) is 5.92 Å². The first kappa shape index (κ1) is 12.8. The van der Waals surface area contributed by atoms with Gasteiger partial charge in [-0.1, -0.05) is 35.5 Å². The molecular formula is C14H13N3O2. The minimum atomic E-state index is -0.757. The lowest BCUT2D eigenvalue weighted by molar-refractivity contribution is -0.118. The average molecular weight is 255 g/mol. The van der Waals surface area contributed by atoms with E-state index in [1.54, 1.807) is 13.0 Å². The maximum atomic E-state index is 11.9. The maximum Gasteiger partial charge on any atom is 0.244 e. The molecule has 1 aromatic heterocycles. The molecule has 5 heteroatoms. The number of hydrogen-bond donors (Lipinski definition) is 1. The van der Waals surface area contributed by atoms with Crippen LogP contribution in [0.2, 0.25) is 0 Å². The summed E-state index contributed by atoms with van der Waals surface area (Å²) >= 11 is 0. The zero-order valence-corrected chi connectivity index (χ0v) is 10.5. The molecule has 0 aliphatic heterocycles. The van der Waals surface area contributed by atoms with Gasteiger partial charge in [0.15, 0.2) is 0 Å². The molecule has 19 heavy (non-hydrogen) atoms. The van der Waals surface area contributed by atoms with E-state index in [-0.39, 0.29) is 11.8 Å². The first-order chi connectivity index (χ1) is 9.19. The molecule has 5 nitrogen and oxygen atoms in total. The number of nitriles is 1. The number of rotatable bonds is 4. The molecule has 0 radical (unpaired) electrons. The zero-order valence-electron chi connectivity index (χ0n) is 10.5. The Morgan fingerprint density at radius 1 is 1.47 bits per heavy atom. The number of amides is 1. The van der Waals surface area contributed by atoms with Gasteiger partial charge in [-0.25, -0.2) is 0 Å². The van der Waals surface area contributed by atoms with E-state index in [0.29, 0.717) is 12.1 Å². The van der Waals surface area contributed by atoms with Gasteiger partial charge in [0, 0.05) is 6.07 Å². The van der Waals surface area contributed by atoms with Gasteiger partial charge in [-0.05, 0) is 18.9 Å². The fourth-order valence-corrected chi connectivity index (χ4v) is 1.68. The number of nitrogens with one attached hydrogen (secondary N) is 1. The number of benzene rings is 1. The van der Waals surface area contributed by atoms with Crippen LogP contribution in [0, 0.1) is 24.2 Å². The van der Waals surface area contributed by atoms with E-state index < -0.39 is 5.92 Å². The third-order valence-electron chi connectivity index (χ3n) is 2.63. The minimum absolute atomic E-state index is 0.260. The Hall–Kier alpha value is -2.61. The number of hydrogen-bond acceptors (Lipinski definition) is 4. The topological polar surface area (TPSA) is 78.9 Å².